The van der Waals surface area contributed by atoms with Crippen LogP contribution >= 0.6 is 0 Å². The van der Waals surface area contributed by atoms with Crippen molar-refractivity contribution in [2.24, 2.45) is 0 Å². The van der Waals surface area contributed by atoms with E-state index in [2.05, 4.69) is 10.1 Å². The van der Waals surface area contributed by atoms with Crippen molar-refractivity contribution >= 4 is 5.91 Å². The monoisotopic (exact) mass is 271 g/mol. The van der Waals surface area contributed by atoms with Crippen LogP contribution in [-0.4, -0.2) is 27.5 Å². The molecule has 1 amide bonds. The van der Waals surface area contributed by atoms with Crippen LogP contribution in [0.4, 0.5) is 0 Å². The van der Waals surface area contributed by atoms with Gasteiger partial charge in [0.15, 0.2) is 5.82 Å². The number of carbonyl (C=O) groups excluding carboxylic acids is 1. The second kappa shape index (κ2) is 5.07. The Balaban J connectivity index is 1.89. The molecule has 1 saturated heterocycles. The molecule has 1 aromatic heterocycles. The lowest BCUT2D eigenvalue weighted by Gasteiger charge is -2.22. The van der Waals surface area contributed by atoms with Gasteiger partial charge >= 0.3 is 0 Å². The molecule has 1 aromatic carbocycles. The van der Waals surface area contributed by atoms with E-state index in [1.807, 2.05) is 36.1 Å². The summed E-state index contributed by atoms with van der Waals surface area (Å²) in [5.41, 5.74) is 1.74. The molecule has 0 spiro atoms. The molecule has 20 heavy (non-hydrogen) atoms. The number of likely N-dealkylation sites (tertiary alicyclic amines) is 1. The number of hydrogen-bond donors (Lipinski definition) is 0. The van der Waals surface area contributed by atoms with E-state index < -0.39 is 0 Å². The number of aryl methyl sites for hydroxylation is 2. The molecule has 1 unspecified atom stereocenters. The van der Waals surface area contributed by atoms with Crippen LogP contribution in [0.25, 0.3) is 0 Å². The zero-order chi connectivity index (χ0) is 14.1. The van der Waals surface area contributed by atoms with Crippen LogP contribution in [-0.2, 0) is 0 Å². The Labute approximate surface area is 117 Å². The van der Waals surface area contributed by atoms with Crippen molar-refractivity contribution in [3.05, 3.63) is 47.1 Å². The van der Waals surface area contributed by atoms with Crippen molar-refractivity contribution in [2.45, 2.75) is 32.7 Å². The molecule has 2 aromatic rings. The third-order valence-electron chi connectivity index (χ3n) is 3.72. The Hall–Kier alpha value is -2.17. The fraction of sp³-hybridized carbons (Fsp3) is 0.400. The quantitative estimate of drug-likeness (QED) is 0.842. The molecule has 104 valence electrons. The highest BCUT2D eigenvalue weighted by molar-refractivity contribution is 5.96. The number of nitrogens with zero attached hydrogens (tertiary/aromatic N) is 3. The zero-order valence-electron chi connectivity index (χ0n) is 11.7. The van der Waals surface area contributed by atoms with Crippen molar-refractivity contribution in [2.75, 3.05) is 6.54 Å². The summed E-state index contributed by atoms with van der Waals surface area (Å²) in [4.78, 5) is 18.8. The van der Waals surface area contributed by atoms with Gasteiger partial charge in [-0.15, -0.1) is 0 Å². The minimum absolute atomic E-state index is 0.0430. The first-order valence-corrected chi connectivity index (χ1v) is 6.83. The molecule has 5 nitrogen and oxygen atoms in total. The third-order valence-corrected chi connectivity index (χ3v) is 3.72. The van der Waals surface area contributed by atoms with Crippen LogP contribution in [0, 0.1) is 13.8 Å². The Bertz CT molecular complexity index is 636. The molecule has 1 aliphatic heterocycles. The van der Waals surface area contributed by atoms with E-state index in [1.54, 1.807) is 6.92 Å². The molecule has 1 fully saturated rings. The summed E-state index contributed by atoms with van der Waals surface area (Å²) in [6, 6.07) is 7.56. The van der Waals surface area contributed by atoms with E-state index in [9.17, 15) is 4.79 Å². The Kier molecular flexibility index (Phi) is 3.26. The number of rotatable bonds is 2. The summed E-state index contributed by atoms with van der Waals surface area (Å²) in [7, 11) is 0. The summed E-state index contributed by atoms with van der Waals surface area (Å²) < 4.78 is 5.24. The maximum absolute atomic E-state index is 12.7. The topological polar surface area (TPSA) is 59.2 Å². The van der Waals surface area contributed by atoms with Gasteiger partial charge in [0.1, 0.15) is 6.04 Å². The predicted molar refractivity (Wildman–Crippen MR) is 73.2 cm³/mol. The summed E-state index contributed by atoms with van der Waals surface area (Å²) in [6.07, 6.45) is 1.84. The van der Waals surface area contributed by atoms with E-state index in [1.165, 1.54) is 0 Å². The van der Waals surface area contributed by atoms with Gasteiger partial charge in [-0.1, -0.05) is 23.4 Å². The van der Waals surface area contributed by atoms with Crippen LogP contribution in [0.1, 0.15) is 46.5 Å². The lowest BCUT2D eigenvalue weighted by molar-refractivity contribution is 0.0709. The van der Waals surface area contributed by atoms with Gasteiger partial charge < -0.3 is 9.42 Å². The molecular weight excluding hydrogens is 254 g/mol. The summed E-state index contributed by atoms with van der Waals surface area (Å²) in [6.45, 7) is 4.48. The molecule has 0 radical (unpaired) electrons. The van der Waals surface area contributed by atoms with Crippen molar-refractivity contribution in [3.8, 4) is 0 Å². The highest BCUT2D eigenvalue weighted by atomic mass is 16.5. The first kappa shape index (κ1) is 12.8. The van der Waals surface area contributed by atoms with Gasteiger partial charge in [0.05, 0.1) is 0 Å². The van der Waals surface area contributed by atoms with Gasteiger partial charge in [0.25, 0.3) is 5.91 Å². The van der Waals surface area contributed by atoms with E-state index >= 15 is 0 Å². The first-order chi connectivity index (χ1) is 9.66. The molecule has 1 aliphatic rings. The Morgan fingerprint density at radius 2 is 2.15 bits per heavy atom. The zero-order valence-corrected chi connectivity index (χ0v) is 11.7. The normalized spacial score (nSPS) is 18.5. The van der Waals surface area contributed by atoms with Crippen LogP contribution in [0.15, 0.2) is 28.8 Å². The smallest absolute Gasteiger partial charge is 0.254 e. The minimum atomic E-state index is -0.0942. The van der Waals surface area contributed by atoms with E-state index in [0.29, 0.717) is 11.7 Å². The first-order valence-electron chi connectivity index (χ1n) is 6.83. The molecule has 2 heterocycles. The average molecular weight is 271 g/mol. The SMILES string of the molecule is Cc1noc(C2CCCN2C(=O)c2ccccc2C)n1. The highest BCUT2D eigenvalue weighted by Gasteiger charge is 2.34. The molecule has 1 atom stereocenters. The largest absolute Gasteiger partial charge is 0.337 e. The maximum atomic E-state index is 12.7. The van der Waals surface area contributed by atoms with Crippen LogP contribution in [0.5, 0.6) is 0 Å². The minimum Gasteiger partial charge on any atom is -0.337 e. The maximum Gasteiger partial charge on any atom is 0.254 e. The van der Waals surface area contributed by atoms with E-state index in [0.717, 1.165) is 30.5 Å². The van der Waals surface area contributed by atoms with E-state index in [-0.39, 0.29) is 11.9 Å². The average Bonchev–Trinajstić information content (AvgIpc) is 3.06. The van der Waals surface area contributed by atoms with Crippen LogP contribution < -0.4 is 0 Å². The fourth-order valence-corrected chi connectivity index (χ4v) is 2.68. The third kappa shape index (κ3) is 2.19. The Morgan fingerprint density at radius 1 is 1.35 bits per heavy atom. The second-order valence-electron chi connectivity index (χ2n) is 5.15. The summed E-state index contributed by atoms with van der Waals surface area (Å²) >= 11 is 0. The molecule has 0 saturated carbocycles. The highest BCUT2D eigenvalue weighted by Crippen LogP contribution is 2.32. The summed E-state index contributed by atoms with van der Waals surface area (Å²) in [5.74, 6) is 1.19. The van der Waals surface area contributed by atoms with Crippen molar-refractivity contribution in [1.82, 2.24) is 15.0 Å². The fourth-order valence-electron chi connectivity index (χ4n) is 2.68. The molecule has 5 heteroatoms. The molecule has 0 aliphatic carbocycles. The summed E-state index contributed by atoms with van der Waals surface area (Å²) in [5, 5.41) is 3.82. The van der Waals surface area contributed by atoms with Crippen molar-refractivity contribution < 1.29 is 9.32 Å². The van der Waals surface area contributed by atoms with Crippen molar-refractivity contribution in [1.29, 1.82) is 0 Å². The number of aromatic nitrogens is 2. The van der Waals surface area contributed by atoms with Crippen LogP contribution in [0.2, 0.25) is 0 Å². The van der Waals surface area contributed by atoms with Crippen LogP contribution in [0.3, 0.4) is 0 Å². The number of hydrogen-bond acceptors (Lipinski definition) is 4. The van der Waals surface area contributed by atoms with Gasteiger partial charge in [0, 0.05) is 12.1 Å². The van der Waals surface area contributed by atoms with Gasteiger partial charge in [-0.05, 0) is 38.3 Å². The molecule has 0 bridgehead atoms. The lowest BCUT2D eigenvalue weighted by atomic mass is 10.1. The Morgan fingerprint density at radius 3 is 2.85 bits per heavy atom. The van der Waals surface area contributed by atoms with Gasteiger partial charge in [-0.3, -0.25) is 4.79 Å². The number of amides is 1. The standard InChI is InChI=1S/C15H17N3O2/c1-10-6-3-4-7-12(10)15(19)18-9-5-8-13(18)14-16-11(2)17-20-14/h3-4,6-7,13H,5,8-9H2,1-2H3. The van der Waals surface area contributed by atoms with Crippen molar-refractivity contribution in [3.63, 3.8) is 0 Å². The molecule has 3 rings (SSSR count). The molecule has 0 N–H and O–H groups in total. The van der Waals surface area contributed by atoms with E-state index in [4.69, 9.17) is 4.52 Å². The predicted octanol–water partition coefficient (Wildman–Crippen LogP) is 2.66. The second-order valence-corrected chi connectivity index (χ2v) is 5.15. The van der Waals surface area contributed by atoms with Gasteiger partial charge in [-0.25, -0.2) is 0 Å². The molecular formula is C15H17N3O2. The van der Waals surface area contributed by atoms with Gasteiger partial charge in [0.2, 0.25) is 5.89 Å². The number of carbonyl (C=O) groups is 1. The lowest BCUT2D eigenvalue weighted by Crippen LogP contribution is -2.31. The van der Waals surface area contributed by atoms with Gasteiger partial charge in [-0.2, -0.15) is 4.98 Å². The number of benzene rings is 1.